The molecule has 1 aliphatic rings. The molecule has 17 heavy (non-hydrogen) atoms. The van der Waals surface area contributed by atoms with Gasteiger partial charge in [0.25, 0.3) is 5.91 Å². The lowest BCUT2D eigenvalue weighted by Crippen LogP contribution is -2.25. The van der Waals surface area contributed by atoms with Crippen molar-refractivity contribution in [2.75, 3.05) is 19.6 Å². The van der Waals surface area contributed by atoms with Crippen molar-refractivity contribution in [3.8, 4) is 0 Å². The van der Waals surface area contributed by atoms with Crippen molar-refractivity contribution in [3.63, 3.8) is 0 Å². The smallest absolute Gasteiger partial charge is 0.274 e. The number of likely N-dealkylation sites (N-methyl/N-ethyl adjacent to an activating group) is 1. The third kappa shape index (κ3) is 2.65. The Morgan fingerprint density at radius 3 is 2.71 bits per heavy atom. The first-order chi connectivity index (χ1) is 8.24. The molecule has 0 saturated heterocycles. The van der Waals surface area contributed by atoms with E-state index in [4.69, 9.17) is 5.21 Å². The van der Waals surface area contributed by atoms with Crippen LogP contribution in [0.3, 0.4) is 0 Å². The van der Waals surface area contributed by atoms with E-state index in [0.29, 0.717) is 5.56 Å². The second-order valence-electron chi connectivity index (χ2n) is 4.36. The molecule has 4 nitrogen and oxygen atoms in total. The number of amides is 1. The van der Waals surface area contributed by atoms with Gasteiger partial charge in [-0.3, -0.25) is 10.0 Å². The number of nitrogens with zero attached hydrogens (tertiary/aromatic N) is 1. The molecule has 1 aliphatic heterocycles. The third-order valence-corrected chi connectivity index (χ3v) is 3.41. The van der Waals surface area contributed by atoms with Crippen LogP contribution < -0.4 is 5.48 Å². The van der Waals surface area contributed by atoms with Gasteiger partial charge in [-0.1, -0.05) is 13.0 Å². The molecule has 2 N–H and O–H groups in total. The lowest BCUT2D eigenvalue weighted by molar-refractivity contribution is 0.0706. The van der Waals surface area contributed by atoms with Crippen LogP contribution in [-0.4, -0.2) is 35.6 Å². The highest BCUT2D eigenvalue weighted by atomic mass is 16.5. The van der Waals surface area contributed by atoms with Gasteiger partial charge in [-0.15, -0.1) is 0 Å². The Kier molecular flexibility index (Phi) is 3.76. The number of hydroxylamine groups is 1. The van der Waals surface area contributed by atoms with Crippen LogP contribution in [0.15, 0.2) is 18.2 Å². The fraction of sp³-hybridized carbons (Fsp3) is 0.462. The zero-order chi connectivity index (χ0) is 12.3. The number of fused-ring (bicyclic) bond motifs is 1. The Labute approximate surface area is 101 Å². The first-order valence-corrected chi connectivity index (χ1v) is 6.03. The third-order valence-electron chi connectivity index (χ3n) is 3.41. The lowest BCUT2D eigenvalue weighted by atomic mass is 10.00. The summed E-state index contributed by atoms with van der Waals surface area (Å²) < 4.78 is 0. The minimum Gasteiger partial charge on any atom is -0.303 e. The van der Waals surface area contributed by atoms with Gasteiger partial charge in [0.2, 0.25) is 0 Å². The second kappa shape index (κ2) is 5.29. The quantitative estimate of drug-likeness (QED) is 0.597. The molecule has 4 heteroatoms. The molecule has 1 heterocycles. The van der Waals surface area contributed by atoms with E-state index in [1.165, 1.54) is 11.1 Å². The highest BCUT2D eigenvalue weighted by molar-refractivity contribution is 5.93. The van der Waals surface area contributed by atoms with E-state index in [2.05, 4.69) is 11.8 Å². The van der Waals surface area contributed by atoms with Crippen LogP contribution in [-0.2, 0) is 12.8 Å². The molecule has 0 fully saturated rings. The van der Waals surface area contributed by atoms with Gasteiger partial charge in [0.1, 0.15) is 0 Å². The summed E-state index contributed by atoms with van der Waals surface area (Å²) in [7, 11) is 0. The Morgan fingerprint density at radius 2 is 2.06 bits per heavy atom. The molecule has 2 rings (SSSR count). The zero-order valence-corrected chi connectivity index (χ0v) is 10.1. The minimum atomic E-state index is -0.440. The topological polar surface area (TPSA) is 52.6 Å². The van der Waals surface area contributed by atoms with E-state index >= 15 is 0 Å². The van der Waals surface area contributed by atoms with Gasteiger partial charge in [0.15, 0.2) is 0 Å². The molecule has 92 valence electrons. The van der Waals surface area contributed by atoms with Crippen LogP contribution in [0.4, 0.5) is 0 Å². The standard InChI is InChI=1S/C13H18N2O2/c1-2-15-7-5-10-3-4-12(13(16)14-17)9-11(10)6-8-15/h3-4,9,17H,2,5-8H2,1H3,(H,14,16). The predicted octanol–water partition coefficient (Wildman–Crippen LogP) is 1.23. The van der Waals surface area contributed by atoms with Crippen LogP contribution in [0.2, 0.25) is 0 Å². The van der Waals surface area contributed by atoms with Crippen molar-refractivity contribution in [2.45, 2.75) is 19.8 Å². The summed E-state index contributed by atoms with van der Waals surface area (Å²) >= 11 is 0. The number of hydrogen-bond donors (Lipinski definition) is 2. The van der Waals surface area contributed by atoms with Crippen molar-refractivity contribution in [2.24, 2.45) is 0 Å². The SMILES string of the molecule is CCN1CCc2ccc(C(=O)NO)cc2CC1. The van der Waals surface area contributed by atoms with Gasteiger partial charge < -0.3 is 4.90 Å². The molecule has 0 aliphatic carbocycles. The maximum atomic E-state index is 11.3. The number of rotatable bonds is 2. The molecular weight excluding hydrogens is 216 g/mol. The first-order valence-electron chi connectivity index (χ1n) is 6.03. The number of carbonyl (C=O) groups is 1. The highest BCUT2D eigenvalue weighted by Gasteiger charge is 2.14. The molecule has 0 unspecified atom stereocenters. The van der Waals surface area contributed by atoms with Crippen molar-refractivity contribution < 1.29 is 10.0 Å². The first kappa shape index (κ1) is 12.1. The number of hydrogen-bond acceptors (Lipinski definition) is 3. The second-order valence-corrected chi connectivity index (χ2v) is 4.36. The summed E-state index contributed by atoms with van der Waals surface area (Å²) in [5.74, 6) is -0.440. The summed E-state index contributed by atoms with van der Waals surface area (Å²) in [6.07, 6.45) is 2.00. The molecule has 0 radical (unpaired) electrons. The van der Waals surface area contributed by atoms with Gasteiger partial charge in [0, 0.05) is 18.7 Å². The summed E-state index contributed by atoms with van der Waals surface area (Å²) in [5.41, 5.74) is 4.74. The van der Waals surface area contributed by atoms with E-state index in [1.54, 1.807) is 11.5 Å². The summed E-state index contributed by atoms with van der Waals surface area (Å²) in [5, 5.41) is 8.62. The van der Waals surface area contributed by atoms with Crippen LogP contribution in [0, 0.1) is 0 Å². The zero-order valence-electron chi connectivity index (χ0n) is 10.1. The Bertz CT molecular complexity index is 418. The molecule has 1 aromatic rings. The molecule has 1 amide bonds. The normalized spacial score (nSPS) is 16.1. The Morgan fingerprint density at radius 1 is 1.35 bits per heavy atom. The van der Waals surface area contributed by atoms with E-state index in [0.717, 1.165) is 32.5 Å². The monoisotopic (exact) mass is 234 g/mol. The molecular formula is C13H18N2O2. The fourth-order valence-corrected chi connectivity index (χ4v) is 2.29. The summed E-state index contributed by atoms with van der Waals surface area (Å²) in [6.45, 7) is 5.35. The van der Waals surface area contributed by atoms with Gasteiger partial charge >= 0.3 is 0 Å². The maximum absolute atomic E-state index is 11.3. The maximum Gasteiger partial charge on any atom is 0.274 e. The van der Waals surface area contributed by atoms with Gasteiger partial charge in [-0.25, -0.2) is 5.48 Å². The molecule has 1 aromatic carbocycles. The Hall–Kier alpha value is -1.39. The molecule has 0 aromatic heterocycles. The van der Waals surface area contributed by atoms with E-state index in [1.807, 2.05) is 12.1 Å². The Balaban J connectivity index is 2.22. The fourth-order valence-electron chi connectivity index (χ4n) is 2.29. The van der Waals surface area contributed by atoms with Crippen molar-refractivity contribution >= 4 is 5.91 Å². The van der Waals surface area contributed by atoms with E-state index in [-0.39, 0.29) is 0 Å². The van der Waals surface area contributed by atoms with Crippen molar-refractivity contribution in [1.82, 2.24) is 10.4 Å². The van der Waals surface area contributed by atoms with E-state index in [9.17, 15) is 4.79 Å². The lowest BCUT2D eigenvalue weighted by Gasteiger charge is -2.16. The predicted molar refractivity (Wildman–Crippen MR) is 65.2 cm³/mol. The van der Waals surface area contributed by atoms with Crippen molar-refractivity contribution in [3.05, 3.63) is 34.9 Å². The average molecular weight is 234 g/mol. The molecule has 0 bridgehead atoms. The largest absolute Gasteiger partial charge is 0.303 e. The van der Waals surface area contributed by atoms with Gasteiger partial charge in [-0.2, -0.15) is 0 Å². The average Bonchev–Trinajstić information content (AvgIpc) is 2.59. The highest BCUT2D eigenvalue weighted by Crippen LogP contribution is 2.17. The van der Waals surface area contributed by atoms with Crippen LogP contribution >= 0.6 is 0 Å². The van der Waals surface area contributed by atoms with E-state index < -0.39 is 5.91 Å². The summed E-state index contributed by atoms with van der Waals surface area (Å²) in [4.78, 5) is 13.7. The van der Waals surface area contributed by atoms with Crippen molar-refractivity contribution in [1.29, 1.82) is 0 Å². The number of carbonyl (C=O) groups excluding carboxylic acids is 1. The molecule has 0 spiro atoms. The van der Waals surface area contributed by atoms with Crippen LogP contribution in [0.25, 0.3) is 0 Å². The van der Waals surface area contributed by atoms with Gasteiger partial charge in [0.05, 0.1) is 0 Å². The minimum absolute atomic E-state index is 0.440. The number of benzene rings is 1. The van der Waals surface area contributed by atoms with Crippen LogP contribution in [0.1, 0.15) is 28.4 Å². The van der Waals surface area contributed by atoms with Gasteiger partial charge in [-0.05, 0) is 42.6 Å². The number of nitrogens with one attached hydrogen (secondary N) is 1. The van der Waals surface area contributed by atoms with Crippen LogP contribution in [0.5, 0.6) is 0 Å². The molecule has 0 saturated carbocycles. The molecule has 0 atom stereocenters. The summed E-state index contributed by atoms with van der Waals surface area (Å²) in [6, 6.07) is 5.66.